The fourth-order valence-electron chi connectivity index (χ4n) is 0.944. The van der Waals surface area contributed by atoms with E-state index in [1.165, 1.54) is 0 Å². The standard InChI is InChI=1S/C9H13N3O/c1-2-5-11-9(13)4-3-8-6-10-7-12-8/h2,6-7H,1,3-5H2,(H,10,12)(H,11,13). The van der Waals surface area contributed by atoms with Gasteiger partial charge in [-0.3, -0.25) is 4.79 Å². The number of H-pyrrole nitrogens is 1. The number of nitrogens with one attached hydrogen (secondary N) is 2. The predicted octanol–water partition coefficient (Wildman–Crippen LogP) is 0.644. The highest BCUT2D eigenvalue weighted by molar-refractivity contribution is 5.76. The molecule has 0 saturated carbocycles. The highest BCUT2D eigenvalue weighted by Crippen LogP contribution is 1.95. The summed E-state index contributed by atoms with van der Waals surface area (Å²) >= 11 is 0. The SMILES string of the molecule is C=CCNC(=O)CCc1cnc[nH]1. The Morgan fingerprint density at radius 1 is 1.77 bits per heavy atom. The fraction of sp³-hybridized carbons (Fsp3) is 0.333. The Hall–Kier alpha value is -1.58. The van der Waals surface area contributed by atoms with Gasteiger partial charge in [0.05, 0.1) is 6.33 Å². The van der Waals surface area contributed by atoms with Gasteiger partial charge in [-0.2, -0.15) is 0 Å². The number of carbonyl (C=O) groups is 1. The van der Waals surface area contributed by atoms with Gasteiger partial charge in [0.2, 0.25) is 5.91 Å². The lowest BCUT2D eigenvalue weighted by Crippen LogP contribution is -2.23. The highest BCUT2D eigenvalue weighted by Gasteiger charge is 2.00. The summed E-state index contributed by atoms with van der Waals surface area (Å²) in [4.78, 5) is 17.9. The van der Waals surface area contributed by atoms with Gasteiger partial charge in [0, 0.05) is 24.9 Å². The largest absolute Gasteiger partial charge is 0.353 e. The molecule has 0 saturated heterocycles. The summed E-state index contributed by atoms with van der Waals surface area (Å²) in [7, 11) is 0. The summed E-state index contributed by atoms with van der Waals surface area (Å²) in [5.74, 6) is 0.0366. The molecular weight excluding hydrogens is 166 g/mol. The van der Waals surface area contributed by atoms with Crippen LogP contribution in [0.2, 0.25) is 0 Å². The number of amides is 1. The van der Waals surface area contributed by atoms with Gasteiger partial charge in [0.1, 0.15) is 0 Å². The number of rotatable bonds is 5. The van der Waals surface area contributed by atoms with Crippen molar-refractivity contribution in [2.75, 3.05) is 6.54 Å². The van der Waals surface area contributed by atoms with Crippen LogP contribution in [0.1, 0.15) is 12.1 Å². The minimum atomic E-state index is 0.0366. The van der Waals surface area contributed by atoms with Crippen LogP contribution in [-0.4, -0.2) is 22.4 Å². The van der Waals surface area contributed by atoms with Crippen LogP contribution in [0.3, 0.4) is 0 Å². The number of hydrogen-bond acceptors (Lipinski definition) is 2. The van der Waals surface area contributed by atoms with Gasteiger partial charge in [0.15, 0.2) is 0 Å². The topological polar surface area (TPSA) is 57.8 Å². The number of nitrogens with zero attached hydrogens (tertiary/aromatic N) is 1. The summed E-state index contributed by atoms with van der Waals surface area (Å²) in [6.45, 7) is 4.04. The van der Waals surface area contributed by atoms with Crippen molar-refractivity contribution >= 4 is 5.91 Å². The second-order valence-electron chi connectivity index (χ2n) is 2.67. The molecule has 4 nitrogen and oxygen atoms in total. The Labute approximate surface area is 77.1 Å². The van der Waals surface area contributed by atoms with Crippen LogP contribution >= 0.6 is 0 Å². The molecule has 0 bridgehead atoms. The van der Waals surface area contributed by atoms with Crippen molar-refractivity contribution < 1.29 is 4.79 Å². The van der Waals surface area contributed by atoms with Gasteiger partial charge in [-0.15, -0.1) is 6.58 Å². The second-order valence-corrected chi connectivity index (χ2v) is 2.67. The molecule has 0 aromatic carbocycles. The zero-order valence-electron chi connectivity index (χ0n) is 7.42. The van der Waals surface area contributed by atoms with E-state index in [1.54, 1.807) is 18.6 Å². The Morgan fingerprint density at radius 3 is 3.23 bits per heavy atom. The molecule has 0 aliphatic carbocycles. The first-order valence-electron chi connectivity index (χ1n) is 4.18. The van der Waals surface area contributed by atoms with E-state index in [-0.39, 0.29) is 5.91 Å². The van der Waals surface area contributed by atoms with Crippen LogP contribution in [0, 0.1) is 0 Å². The van der Waals surface area contributed by atoms with Crippen molar-refractivity contribution in [2.24, 2.45) is 0 Å². The summed E-state index contributed by atoms with van der Waals surface area (Å²) in [6, 6.07) is 0. The molecule has 2 N–H and O–H groups in total. The minimum Gasteiger partial charge on any atom is -0.353 e. The van der Waals surface area contributed by atoms with E-state index < -0.39 is 0 Å². The average molecular weight is 179 g/mol. The lowest BCUT2D eigenvalue weighted by atomic mass is 10.2. The maximum atomic E-state index is 11.1. The molecule has 0 spiro atoms. The van der Waals surface area contributed by atoms with Crippen LogP contribution < -0.4 is 5.32 Å². The summed E-state index contributed by atoms with van der Waals surface area (Å²) in [5, 5.41) is 2.70. The predicted molar refractivity (Wildman–Crippen MR) is 50.1 cm³/mol. The molecule has 4 heteroatoms. The van der Waals surface area contributed by atoms with Gasteiger partial charge in [0.25, 0.3) is 0 Å². The molecule has 0 aliphatic heterocycles. The third-order valence-corrected chi connectivity index (χ3v) is 1.62. The molecule has 0 unspecified atom stereocenters. The molecule has 0 radical (unpaired) electrons. The van der Waals surface area contributed by atoms with E-state index in [0.717, 1.165) is 5.69 Å². The Kier molecular flexibility index (Phi) is 3.75. The molecule has 13 heavy (non-hydrogen) atoms. The molecule has 1 rings (SSSR count). The molecule has 0 atom stereocenters. The Balaban J connectivity index is 2.19. The zero-order chi connectivity index (χ0) is 9.52. The first-order valence-corrected chi connectivity index (χ1v) is 4.18. The molecular formula is C9H13N3O. The monoisotopic (exact) mass is 179 g/mol. The van der Waals surface area contributed by atoms with E-state index in [2.05, 4.69) is 21.9 Å². The number of aromatic amines is 1. The zero-order valence-corrected chi connectivity index (χ0v) is 7.42. The van der Waals surface area contributed by atoms with E-state index >= 15 is 0 Å². The van der Waals surface area contributed by atoms with Gasteiger partial charge < -0.3 is 10.3 Å². The maximum Gasteiger partial charge on any atom is 0.220 e. The summed E-state index contributed by atoms with van der Waals surface area (Å²) in [6.07, 6.45) is 6.17. The highest BCUT2D eigenvalue weighted by atomic mass is 16.1. The van der Waals surface area contributed by atoms with E-state index in [0.29, 0.717) is 19.4 Å². The Bertz CT molecular complexity index is 266. The van der Waals surface area contributed by atoms with Crippen LogP contribution in [-0.2, 0) is 11.2 Å². The number of aryl methyl sites for hydroxylation is 1. The number of carbonyl (C=O) groups excluding carboxylic acids is 1. The van der Waals surface area contributed by atoms with Gasteiger partial charge in [-0.1, -0.05) is 6.08 Å². The van der Waals surface area contributed by atoms with Crippen molar-refractivity contribution in [3.05, 3.63) is 30.9 Å². The van der Waals surface area contributed by atoms with Crippen LogP contribution in [0.4, 0.5) is 0 Å². The van der Waals surface area contributed by atoms with Crippen molar-refractivity contribution in [2.45, 2.75) is 12.8 Å². The van der Waals surface area contributed by atoms with Crippen LogP contribution in [0.25, 0.3) is 0 Å². The summed E-state index contributed by atoms with van der Waals surface area (Å²) in [5.41, 5.74) is 0.980. The first kappa shape index (κ1) is 9.51. The molecule has 1 amide bonds. The maximum absolute atomic E-state index is 11.1. The fourth-order valence-corrected chi connectivity index (χ4v) is 0.944. The normalized spacial score (nSPS) is 9.54. The minimum absolute atomic E-state index is 0.0366. The van der Waals surface area contributed by atoms with E-state index in [9.17, 15) is 4.79 Å². The Morgan fingerprint density at radius 2 is 2.62 bits per heavy atom. The van der Waals surface area contributed by atoms with E-state index in [4.69, 9.17) is 0 Å². The van der Waals surface area contributed by atoms with Crippen LogP contribution in [0.5, 0.6) is 0 Å². The molecule has 1 heterocycles. The molecule has 1 aromatic heterocycles. The first-order chi connectivity index (χ1) is 6.33. The lowest BCUT2D eigenvalue weighted by molar-refractivity contribution is -0.120. The number of imidazole rings is 1. The molecule has 0 aliphatic rings. The number of hydrogen-bond donors (Lipinski definition) is 2. The van der Waals surface area contributed by atoms with Gasteiger partial charge in [-0.25, -0.2) is 4.98 Å². The van der Waals surface area contributed by atoms with Gasteiger partial charge in [-0.05, 0) is 6.42 Å². The molecule has 1 aromatic rings. The average Bonchev–Trinajstić information content (AvgIpc) is 2.64. The van der Waals surface area contributed by atoms with Crippen LogP contribution in [0.15, 0.2) is 25.2 Å². The third kappa shape index (κ3) is 3.55. The van der Waals surface area contributed by atoms with Crippen molar-refractivity contribution in [3.8, 4) is 0 Å². The van der Waals surface area contributed by atoms with E-state index in [1.807, 2.05) is 0 Å². The van der Waals surface area contributed by atoms with Crippen molar-refractivity contribution in [1.29, 1.82) is 0 Å². The smallest absolute Gasteiger partial charge is 0.220 e. The van der Waals surface area contributed by atoms with Crippen molar-refractivity contribution in [3.63, 3.8) is 0 Å². The quantitative estimate of drug-likeness (QED) is 0.652. The second kappa shape index (κ2) is 5.13. The third-order valence-electron chi connectivity index (χ3n) is 1.62. The lowest BCUT2D eigenvalue weighted by Gasteiger charge is -1.99. The number of aromatic nitrogens is 2. The van der Waals surface area contributed by atoms with Crippen molar-refractivity contribution in [1.82, 2.24) is 15.3 Å². The summed E-state index contributed by atoms with van der Waals surface area (Å²) < 4.78 is 0. The molecule has 0 fully saturated rings. The molecule has 70 valence electrons. The van der Waals surface area contributed by atoms with Gasteiger partial charge >= 0.3 is 0 Å².